The maximum absolute atomic E-state index is 14.2. The third-order valence-electron chi connectivity index (χ3n) is 8.29. The van der Waals surface area contributed by atoms with Gasteiger partial charge in [-0.2, -0.15) is 9.90 Å². The molecule has 252 valence electrons. The first kappa shape index (κ1) is 33.7. The van der Waals surface area contributed by atoms with Crippen LogP contribution in [-0.2, 0) is 22.8 Å². The van der Waals surface area contributed by atoms with Crippen LogP contribution in [0.15, 0.2) is 96.2 Å². The molecule has 6 aromatic rings. The van der Waals surface area contributed by atoms with Crippen molar-refractivity contribution in [2.24, 2.45) is 0 Å². The van der Waals surface area contributed by atoms with Crippen LogP contribution in [-0.4, -0.2) is 71.9 Å². The summed E-state index contributed by atoms with van der Waals surface area (Å²) in [5.74, 6) is 2.49. The number of nitrogens with one attached hydrogen (secondary N) is 1. The molecule has 2 aromatic heterocycles. The summed E-state index contributed by atoms with van der Waals surface area (Å²) < 4.78 is 39.2. The van der Waals surface area contributed by atoms with E-state index in [0.717, 1.165) is 33.6 Å². The van der Waals surface area contributed by atoms with Crippen LogP contribution >= 0.6 is 0 Å². The number of nitrogens with zero attached hydrogens (tertiary/aromatic N) is 6. The Hall–Kier alpha value is -5.14. The molecule has 0 saturated carbocycles. The maximum atomic E-state index is 14.2. The number of H-pyrrole nitrogens is 1. The van der Waals surface area contributed by atoms with Crippen LogP contribution in [0.5, 0.6) is 11.5 Å². The normalized spacial score (nSPS) is 11.9. The number of hydrogen-bond donors (Lipinski definition) is 1. The fourth-order valence-electron chi connectivity index (χ4n) is 5.57. The van der Waals surface area contributed by atoms with Gasteiger partial charge < -0.3 is 9.47 Å². The lowest BCUT2D eigenvalue weighted by atomic mass is 9.91. The third kappa shape index (κ3) is 7.95. The van der Waals surface area contributed by atoms with E-state index in [-0.39, 0.29) is 10.6 Å². The second-order valence-electron chi connectivity index (χ2n) is 13.0. The highest BCUT2D eigenvalue weighted by atomic mass is 32.2. The highest BCUT2D eigenvalue weighted by Crippen LogP contribution is 2.39. The van der Waals surface area contributed by atoms with Gasteiger partial charge in [-0.15, -0.1) is 10.2 Å². The van der Waals surface area contributed by atoms with Gasteiger partial charge in [-0.1, -0.05) is 68.2 Å². The molecule has 49 heavy (non-hydrogen) atoms. The van der Waals surface area contributed by atoms with E-state index in [1.165, 1.54) is 11.1 Å². The second-order valence-corrected chi connectivity index (χ2v) is 20.7. The Labute approximate surface area is 287 Å². The van der Waals surface area contributed by atoms with Crippen LogP contribution in [0.1, 0.15) is 16.7 Å². The van der Waals surface area contributed by atoms with Crippen LogP contribution in [0.3, 0.4) is 0 Å². The minimum atomic E-state index is -3.69. The number of benzene rings is 4. The van der Waals surface area contributed by atoms with E-state index in [4.69, 9.17) is 14.6 Å². The molecule has 2 heterocycles. The SMILES string of the molecule is COc1ccc(Cc2c(S(=O)(=O)CC[Si](C)(C)C)ccc(-c3cccc(-c4ncn[nH]4)c3)c2-c2nnn(Cc3ccc(OC)cc3)n2)cc1. The standard InChI is InChI=1S/C36H39N7O4SSi/c1-46-29-13-9-25(10-14-29)21-32-33(48(44,45)19-20-49(3,4)5)18-17-31(27-7-6-8-28(22-27)35-37-24-38-39-35)34(32)36-40-42-43(41-36)23-26-11-15-30(47-2)16-12-26/h6-18,22,24H,19-21,23H2,1-5H3,(H,37,38,39). The number of tetrazole rings is 1. The third-order valence-corrected chi connectivity index (χ3v) is 12.2. The van der Waals surface area contributed by atoms with Crippen LogP contribution < -0.4 is 9.47 Å². The molecular weight excluding hydrogens is 655 g/mol. The van der Waals surface area contributed by atoms with E-state index in [0.29, 0.717) is 47.5 Å². The molecular formula is C36H39N7O4SSi. The van der Waals surface area contributed by atoms with E-state index in [2.05, 4.69) is 45.1 Å². The first-order chi connectivity index (χ1) is 23.5. The Morgan fingerprint density at radius 2 is 1.51 bits per heavy atom. The number of aromatic amines is 1. The maximum Gasteiger partial charge on any atom is 0.205 e. The van der Waals surface area contributed by atoms with Gasteiger partial charge in [0, 0.05) is 19.2 Å². The Bertz CT molecular complexity index is 2140. The van der Waals surface area contributed by atoms with Gasteiger partial charge in [0.2, 0.25) is 5.82 Å². The second kappa shape index (κ2) is 14.1. The molecule has 0 aliphatic rings. The fourth-order valence-corrected chi connectivity index (χ4v) is 10.1. The summed E-state index contributed by atoms with van der Waals surface area (Å²) in [6.45, 7) is 6.92. The lowest BCUT2D eigenvalue weighted by Crippen LogP contribution is -2.24. The molecule has 0 amide bonds. The highest BCUT2D eigenvalue weighted by Gasteiger charge is 2.28. The molecule has 0 radical (unpaired) electrons. The number of ether oxygens (including phenoxy) is 2. The van der Waals surface area contributed by atoms with E-state index in [1.807, 2.05) is 78.9 Å². The molecule has 0 saturated heterocycles. The molecule has 0 bridgehead atoms. The van der Waals surface area contributed by atoms with Crippen molar-refractivity contribution >= 4 is 17.9 Å². The molecule has 0 fully saturated rings. The minimum absolute atomic E-state index is 0.0652. The van der Waals surface area contributed by atoms with Gasteiger partial charge in [0.05, 0.1) is 31.4 Å². The molecule has 0 aliphatic heterocycles. The predicted octanol–water partition coefficient (Wildman–Crippen LogP) is 6.56. The Kier molecular flexibility index (Phi) is 9.74. The van der Waals surface area contributed by atoms with Gasteiger partial charge >= 0.3 is 0 Å². The molecule has 0 aliphatic carbocycles. The molecule has 0 unspecified atom stereocenters. The number of sulfone groups is 1. The van der Waals surface area contributed by atoms with Crippen LogP contribution in [0.25, 0.3) is 33.9 Å². The summed E-state index contributed by atoms with van der Waals surface area (Å²) in [5.41, 5.74) is 5.57. The lowest BCUT2D eigenvalue weighted by molar-refractivity contribution is 0.414. The summed E-state index contributed by atoms with van der Waals surface area (Å²) in [6.07, 6.45) is 1.79. The Morgan fingerprint density at radius 1 is 0.837 bits per heavy atom. The summed E-state index contributed by atoms with van der Waals surface area (Å²) in [4.78, 5) is 6.13. The predicted molar refractivity (Wildman–Crippen MR) is 192 cm³/mol. The molecule has 0 spiro atoms. The van der Waals surface area contributed by atoms with Crippen LogP contribution in [0, 0.1) is 0 Å². The van der Waals surface area contributed by atoms with Gasteiger partial charge in [0.15, 0.2) is 15.7 Å². The van der Waals surface area contributed by atoms with E-state index in [1.54, 1.807) is 20.3 Å². The molecule has 6 rings (SSSR count). The van der Waals surface area contributed by atoms with Gasteiger partial charge in [0.1, 0.15) is 17.8 Å². The highest BCUT2D eigenvalue weighted by molar-refractivity contribution is 7.91. The Morgan fingerprint density at radius 3 is 2.14 bits per heavy atom. The smallest absolute Gasteiger partial charge is 0.205 e. The number of rotatable bonds is 13. The van der Waals surface area contributed by atoms with E-state index >= 15 is 0 Å². The van der Waals surface area contributed by atoms with Gasteiger partial charge in [-0.3, -0.25) is 5.10 Å². The summed E-state index contributed by atoms with van der Waals surface area (Å²) in [7, 11) is -2.11. The molecule has 0 atom stereocenters. The minimum Gasteiger partial charge on any atom is -0.497 e. The van der Waals surface area contributed by atoms with Crippen molar-refractivity contribution in [1.29, 1.82) is 0 Å². The summed E-state index contributed by atoms with van der Waals surface area (Å²) in [6, 6.07) is 27.4. The average molecular weight is 694 g/mol. The quantitative estimate of drug-likeness (QED) is 0.133. The van der Waals surface area contributed by atoms with Crippen molar-refractivity contribution in [2.75, 3.05) is 20.0 Å². The van der Waals surface area contributed by atoms with Crippen molar-refractivity contribution in [2.45, 2.75) is 43.5 Å². The van der Waals surface area contributed by atoms with Gasteiger partial charge in [0.25, 0.3) is 0 Å². The summed E-state index contributed by atoms with van der Waals surface area (Å²) in [5, 5.41) is 20.7. The van der Waals surface area contributed by atoms with Crippen molar-refractivity contribution in [3.05, 3.63) is 108 Å². The van der Waals surface area contributed by atoms with Crippen LogP contribution in [0.2, 0.25) is 25.7 Å². The van der Waals surface area contributed by atoms with E-state index in [9.17, 15) is 8.42 Å². The van der Waals surface area contributed by atoms with Crippen molar-refractivity contribution < 1.29 is 17.9 Å². The number of aromatic nitrogens is 7. The van der Waals surface area contributed by atoms with E-state index < -0.39 is 17.9 Å². The number of methoxy groups -OCH3 is 2. The molecule has 4 aromatic carbocycles. The van der Waals surface area contributed by atoms with Crippen molar-refractivity contribution in [3.63, 3.8) is 0 Å². The molecule has 1 N–H and O–H groups in total. The zero-order valence-corrected chi connectivity index (χ0v) is 30.0. The lowest BCUT2D eigenvalue weighted by Gasteiger charge is -2.20. The first-order valence-electron chi connectivity index (χ1n) is 15.9. The largest absolute Gasteiger partial charge is 0.497 e. The average Bonchev–Trinajstić information content (AvgIpc) is 3.81. The summed E-state index contributed by atoms with van der Waals surface area (Å²) >= 11 is 0. The van der Waals surface area contributed by atoms with Crippen molar-refractivity contribution in [1.82, 2.24) is 35.4 Å². The van der Waals surface area contributed by atoms with Gasteiger partial charge in [-0.25, -0.2) is 13.4 Å². The fraction of sp³-hybridized carbons (Fsp3) is 0.250. The first-order valence-corrected chi connectivity index (χ1v) is 21.3. The Balaban J connectivity index is 1.55. The van der Waals surface area contributed by atoms with Crippen LogP contribution in [0.4, 0.5) is 0 Å². The zero-order valence-electron chi connectivity index (χ0n) is 28.2. The van der Waals surface area contributed by atoms with Gasteiger partial charge in [-0.05, 0) is 81.9 Å². The topological polar surface area (TPSA) is 138 Å². The molecule has 13 heteroatoms. The number of hydrogen-bond acceptors (Lipinski definition) is 9. The molecule has 11 nitrogen and oxygen atoms in total. The monoisotopic (exact) mass is 693 g/mol. The van der Waals surface area contributed by atoms with Crippen molar-refractivity contribution in [3.8, 4) is 45.4 Å². The zero-order chi connectivity index (χ0) is 34.6.